The van der Waals surface area contributed by atoms with Crippen LogP contribution in [0.15, 0.2) is 34.9 Å². The molecule has 18 heavy (non-hydrogen) atoms. The molecule has 0 aliphatic carbocycles. The Hall–Kier alpha value is -1.82. The first kappa shape index (κ1) is 12.6. The SMILES string of the molecule is COc1ccc(F)c(Nc2ncc(N)cc2Br)c1. The van der Waals surface area contributed by atoms with Crippen molar-refractivity contribution in [2.24, 2.45) is 0 Å². The zero-order chi connectivity index (χ0) is 13.1. The lowest BCUT2D eigenvalue weighted by atomic mass is 10.3. The van der Waals surface area contributed by atoms with Crippen LogP contribution in [-0.4, -0.2) is 12.1 Å². The number of nitrogens with two attached hydrogens (primary N) is 1. The van der Waals surface area contributed by atoms with Gasteiger partial charge in [0.05, 0.1) is 29.2 Å². The van der Waals surface area contributed by atoms with Crippen molar-refractivity contribution in [2.45, 2.75) is 0 Å². The van der Waals surface area contributed by atoms with Crippen molar-refractivity contribution in [2.75, 3.05) is 18.2 Å². The van der Waals surface area contributed by atoms with Crippen LogP contribution in [0.25, 0.3) is 0 Å². The van der Waals surface area contributed by atoms with Gasteiger partial charge in [-0.25, -0.2) is 9.37 Å². The zero-order valence-electron chi connectivity index (χ0n) is 9.58. The first-order chi connectivity index (χ1) is 8.60. The normalized spacial score (nSPS) is 10.2. The summed E-state index contributed by atoms with van der Waals surface area (Å²) in [6.07, 6.45) is 1.49. The van der Waals surface area contributed by atoms with Crippen molar-refractivity contribution in [3.8, 4) is 5.75 Å². The van der Waals surface area contributed by atoms with Crippen LogP contribution in [0.1, 0.15) is 0 Å². The van der Waals surface area contributed by atoms with Gasteiger partial charge in [-0.2, -0.15) is 0 Å². The molecule has 2 rings (SSSR count). The van der Waals surface area contributed by atoms with E-state index in [1.807, 2.05) is 0 Å². The summed E-state index contributed by atoms with van der Waals surface area (Å²) in [6, 6.07) is 6.12. The molecule has 2 aromatic rings. The second kappa shape index (κ2) is 5.22. The molecule has 0 aliphatic heterocycles. The Labute approximate surface area is 112 Å². The van der Waals surface area contributed by atoms with E-state index < -0.39 is 0 Å². The predicted octanol–water partition coefficient (Wildman–Crippen LogP) is 3.32. The minimum Gasteiger partial charge on any atom is -0.497 e. The molecular weight excluding hydrogens is 301 g/mol. The number of nitrogen functional groups attached to an aromatic ring is 1. The quantitative estimate of drug-likeness (QED) is 0.913. The summed E-state index contributed by atoms with van der Waals surface area (Å²) >= 11 is 3.31. The minimum atomic E-state index is -0.388. The summed E-state index contributed by atoms with van der Waals surface area (Å²) in [6.45, 7) is 0. The number of benzene rings is 1. The average Bonchev–Trinajstić information content (AvgIpc) is 2.35. The Morgan fingerprint density at radius 2 is 2.17 bits per heavy atom. The Bertz CT molecular complexity index is 577. The molecular formula is C12H11BrFN3O. The number of rotatable bonds is 3. The Morgan fingerprint density at radius 3 is 2.83 bits per heavy atom. The molecule has 1 heterocycles. The fourth-order valence-corrected chi connectivity index (χ4v) is 1.87. The smallest absolute Gasteiger partial charge is 0.146 e. The predicted molar refractivity (Wildman–Crippen MR) is 72.6 cm³/mol. The molecule has 1 aromatic carbocycles. The standard InChI is InChI=1S/C12H11BrFN3O/c1-18-8-2-3-10(14)11(5-8)17-12-9(13)4-7(15)6-16-12/h2-6H,15H2,1H3,(H,16,17). The number of nitrogens with zero attached hydrogens (tertiary/aromatic N) is 1. The van der Waals surface area contributed by atoms with Crippen LogP contribution in [-0.2, 0) is 0 Å². The van der Waals surface area contributed by atoms with Gasteiger partial charge < -0.3 is 15.8 Å². The summed E-state index contributed by atoms with van der Waals surface area (Å²) in [5.41, 5.74) is 6.39. The second-order valence-corrected chi connectivity index (χ2v) is 4.42. The van der Waals surface area contributed by atoms with Crippen LogP contribution < -0.4 is 15.8 Å². The number of hydrogen-bond acceptors (Lipinski definition) is 4. The molecule has 0 unspecified atom stereocenters. The number of anilines is 3. The molecule has 0 spiro atoms. The summed E-state index contributed by atoms with van der Waals surface area (Å²) in [4.78, 5) is 4.08. The van der Waals surface area contributed by atoms with E-state index in [1.165, 1.54) is 19.4 Å². The number of ether oxygens (including phenoxy) is 1. The lowest BCUT2D eigenvalue weighted by Crippen LogP contribution is -1.99. The maximum absolute atomic E-state index is 13.6. The van der Waals surface area contributed by atoms with Crippen molar-refractivity contribution >= 4 is 33.1 Å². The van der Waals surface area contributed by atoms with Gasteiger partial charge in [0.15, 0.2) is 0 Å². The fraction of sp³-hybridized carbons (Fsp3) is 0.0833. The second-order valence-electron chi connectivity index (χ2n) is 3.57. The molecule has 0 atom stereocenters. The third-order valence-electron chi connectivity index (χ3n) is 2.29. The van der Waals surface area contributed by atoms with Gasteiger partial charge in [0.2, 0.25) is 0 Å². The van der Waals surface area contributed by atoms with Crippen molar-refractivity contribution < 1.29 is 9.13 Å². The molecule has 4 nitrogen and oxygen atoms in total. The molecule has 1 aromatic heterocycles. The van der Waals surface area contributed by atoms with E-state index in [1.54, 1.807) is 18.2 Å². The molecule has 3 N–H and O–H groups in total. The number of methoxy groups -OCH3 is 1. The van der Waals surface area contributed by atoms with Gasteiger partial charge in [-0.15, -0.1) is 0 Å². The molecule has 0 aliphatic rings. The third kappa shape index (κ3) is 2.70. The van der Waals surface area contributed by atoms with Gasteiger partial charge in [0, 0.05) is 6.07 Å². The van der Waals surface area contributed by atoms with Gasteiger partial charge >= 0.3 is 0 Å². The molecule has 0 amide bonds. The third-order valence-corrected chi connectivity index (χ3v) is 2.89. The maximum atomic E-state index is 13.6. The number of pyridine rings is 1. The van der Waals surface area contributed by atoms with E-state index in [9.17, 15) is 4.39 Å². The van der Waals surface area contributed by atoms with Gasteiger partial charge in [-0.1, -0.05) is 0 Å². The Balaban J connectivity index is 2.33. The number of hydrogen-bond donors (Lipinski definition) is 2. The molecule has 0 fully saturated rings. The first-order valence-electron chi connectivity index (χ1n) is 5.11. The van der Waals surface area contributed by atoms with E-state index in [4.69, 9.17) is 10.5 Å². The summed E-state index contributed by atoms with van der Waals surface area (Å²) < 4.78 is 19.3. The summed E-state index contributed by atoms with van der Waals surface area (Å²) in [5, 5.41) is 2.87. The van der Waals surface area contributed by atoms with Gasteiger partial charge in [-0.05, 0) is 34.1 Å². The highest BCUT2D eigenvalue weighted by molar-refractivity contribution is 9.10. The largest absolute Gasteiger partial charge is 0.497 e. The average molecular weight is 312 g/mol. The van der Waals surface area contributed by atoms with Crippen LogP contribution in [0, 0.1) is 5.82 Å². The highest BCUT2D eigenvalue weighted by Gasteiger charge is 2.08. The molecule has 0 bridgehead atoms. The van der Waals surface area contributed by atoms with Crippen LogP contribution in [0.3, 0.4) is 0 Å². The van der Waals surface area contributed by atoms with Crippen molar-refractivity contribution in [3.05, 3.63) is 40.8 Å². The summed E-state index contributed by atoms with van der Waals surface area (Å²) in [5.74, 6) is 0.656. The molecule has 6 heteroatoms. The van der Waals surface area contributed by atoms with E-state index in [2.05, 4.69) is 26.2 Å². The van der Waals surface area contributed by atoms with Crippen molar-refractivity contribution in [1.82, 2.24) is 4.98 Å². The maximum Gasteiger partial charge on any atom is 0.146 e. The lowest BCUT2D eigenvalue weighted by molar-refractivity contribution is 0.414. The van der Waals surface area contributed by atoms with Gasteiger partial charge in [-0.3, -0.25) is 0 Å². The van der Waals surface area contributed by atoms with Crippen molar-refractivity contribution in [3.63, 3.8) is 0 Å². The molecule has 0 radical (unpaired) electrons. The van der Waals surface area contributed by atoms with Gasteiger partial charge in [0.25, 0.3) is 0 Å². The molecule has 0 saturated heterocycles. The monoisotopic (exact) mass is 311 g/mol. The van der Waals surface area contributed by atoms with Crippen LogP contribution >= 0.6 is 15.9 Å². The number of aromatic nitrogens is 1. The Kier molecular flexibility index (Phi) is 3.66. The lowest BCUT2D eigenvalue weighted by Gasteiger charge is -2.10. The number of halogens is 2. The van der Waals surface area contributed by atoms with Crippen LogP contribution in [0.4, 0.5) is 21.6 Å². The van der Waals surface area contributed by atoms with Crippen LogP contribution in [0.2, 0.25) is 0 Å². The van der Waals surface area contributed by atoms with E-state index in [-0.39, 0.29) is 11.5 Å². The highest BCUT2D eigenvalue weighted by Crippen LogP contribution is 2.28. The Morgan fingerprint density at radius 1 is 1.39 bits per heavy atom. The van der Waals surface area contributed by atoms with E-state index in [0.29, 0.717) is 21.7 Å². The van der Waals surface area contributed by atoms with Gasteiger partial charge in [0.1, 0.15) is 17.4 Å². The summed E-state index contributed by atoms with van der Waals surface area (Å²) in [7, 11) is 1.52. The van der Waals surface area contributed by atoms with E-state index >= 15 is 0 Å². The highest BCUT2D eigenvalue weighted by atomic mass is 79.9. The van der Waals surface area contributed by atoms with Crippen molar-refractivity contribution in [1.29, 1.82) is 0 Å². The fourth-order valence-electron chi connectivity index (χ4n) is 1.40. The molecule has 0 saturated carbocycles. The molecule has 94 valence electrons. The zero-order valence-corrected chi connectivity index (χ0v) is 11.2. The van der Waals surface area contributed by atoms with Crippen LogP contribution in [0.5, 0.6) is 5.75 Å². The first-order valence-corrected chi connectivity index (χ1v) is 5.91. The topological polar surface area (TPSA) is 60.2 Å². The number of nitrogens with one attached hydrogen (secondary N) is 1. The van der Waals surface area contributed by atoms with E-state index in [0.717, 1.165) is 0 Å². The minimum absolute atomic E-state index is 0.285.